The molecule has 0 heterocycles. The van der Waals surface area contributed by atoms with Crippen molar-refractivity contribution >= 4 is 23.5 Å². The summed E-state index contributed by atoms with van der Waals surface area (Å²) in [4.78, 5) is 20.5. The second kappa shape index (κ2) is 4.96. The van der Waals surface area contributed by atoms with Gasteiger partial charge in [0.1, 0.15) is 0 Å². The average molecular weight is 181 g/mol. The Morgan fingerprint density at radius 2 is 2.09 bits per heavy atom. The van der Waals surface area contributed by atoms with Crippen molar-refractivity contribution in [3.8, 4) is 0 Å². The molecule has 0 rings (SSSR count). The van der Waals surface area contributed by atoms with Crippen LogP contribution in [0.1, 0.15) is 12.8 Å². The smallest absolute Gasteiger partial charge is 0.307 e. The van der Waals surface area contributed by atoms with Crippen molar-refractivity contribution in [2.45, 2.75) is 18.2 Å². The highest BCUT2D eigenvalue weighted by atomic mass is 35.5. The van der Waals surface area contributed by atoms with Crippen LogP contribution in [-0.4, -0.2) is 29.5 Å². The van der Waals surface area contributed by atoms with E-state index in [1.54, 1.807) is 0 Å². The van der Waals surface area contributed by atoms with E-state index in [1.165, 1.54) is 7.11 Å². The van der Waals surface area contributed by atoms with Crippen LogP contribution in [0.15, 0.2) is 0 Å². The molecule has 0 spiro atoms. The summed E-state index contributed by atoms with van der Waals surface area (Å²) in [6, 6.07) is 0. The van der Waals surface area contributed by atoms with Crippen molar-refractivity contribution in [3.63, 3.8) is 0 Å². The third-order valence-corrected chi connectivity index (χ3v) is 1.32. The number of carboxylic acids is 1. The van der Waals surface area contributed by atoms with Crippen LogP contribution in [0, 0.1) is 0 Å². The van der Waals surface area contributed by atoms with Crippen LogP contribution < -0.4 is 0 Å². The Balaban J connectivity index is 3.60. The van der Waals surface area contributed by atoms with Crippen LogP contribution in [0.25, 0.3) is 0 Å². The number of esters is 1. The second-order valence-corrected chi connectivity index (χ2v) is 2.59. The van der Waals surface area contributed by atoms with Crippen molar-refractivity contribution in [2.75, 3.05) is 7.11 Å². The summed E-state index contributed by atoms with van der Waals surface area (Å²) in [6.07, 6.45) is -0.291. The standard InChI is InChI=1S/C6H9ClO4/c1-11-6(10)3-4(7)2-5(8)9/h4H,2-3H2,1H3,(H,8,9). The maximum absolute atomic E-state index is 10.5. The Hall–Kier alpha value is -0.770. The summed E-state index contributed by atoms with van der Waals surface area (Å²) >= 11 is 5.47. The molecule has 0 amide bonds. The monoisotopic (exact) mass is 180 g/mol. The lowest BCUT2D eigenvalue weighted by Crippen LogP contribution is -2.13. The first kappa shape index (κ1) is 10.2. The molecule has 5 heteroatoms. The van der Waals surface area contributed by atoms with Gasteiger partial charge in [-0.15, -0.1) is 11.6 Å². The van der Waals surface area contributed by atoms with Crippen LogP contribution >= 0.6 is 11.6 Å². The van der Waals surface area contributed by atoms with Gasteiger partial charge in [-0.3, -0.25) is 9.59 Å². The molecule has 64 valence electrons. The van der Waals surface area contributed by atoms with E-state index in [0.29, 0.717) is 0 Å². The van der Waals surface area contributed by atoms with Gasteiger partial charge in [0.15, 0.2) is 0 Å². The topological polar surface area (TPSA) is 63.6 Å². The molecule has 0 aromatic carbocycles. The van der Waals surface area contributed by atoms with Crippen molar-refractivity contribution in [1.82, 2.24) is 0 Å². The van der Waals surface area contributed by atoms with E-state index >= 15 is 0 Å². The zero-order chi connectivity index (χ0) is 8.85. The molecule has 0 fully saturated rings. The SMILES string of the molecule is COC(=O)CC(Cl)CC(=O)O. The quantitative estimate of drug-likeness (QED) is 0.509. The third-order valence-electron chi connectivity index (χ3n) is 1.01. The zero-order valence-corrected chi connectivity index (χ0v) is 6.80. The number of hydrogen-bond donors (Lipinski definition) is 1. The predicted molar refractivity (Wildman–Crippen MR) is 38.5 cm³/mol. The molecular weight excluding hydrogens is 172 g/mol. The van der Waals surface area contributed by atoms with Gasteiger partial charge in [-0.1, -0.05) is 0 Å². The highest BCUT2D eigenvalue weighted by Gasteiger charge is 2.14. The molecule has 1 unspecified atom stereocenters. The third kappa shape index (κ3) is 5.66. The van der Waals surface area contributed by atoms with E-state index < -0.39 is 17.3 Å². The predicted octanol–water partition coefficient (Wildman–Crippen LogP) is 0.632. The second-order valence-electron chi connectivity index (χ2n) is 1.98. The molecular formula is C6H9ClO4. The molecule has 0 radical (unpaired) electrons. The minimum absolute atomic E-state index is 0.0651. The fourth-order valence-corrected chi connectivity index (χ4v) is 0.784. The van der Waals surface area contributed by atoms with Crippen molar-refractivity contribution in [3.05, 3.63) is 0 Å². The Morgan fingerprint density at radius 1 is 1.55 bits per heavy atom. The largest absolute Gasteiger partial charge is 0.481 e. The Labute approximate surface area is 69.1 Å². The first-order valence-corrected chi connectivity index (χ1v) is 3.42. The Bertz CT molecular complexity index is 157. The molecule has 0 aliphatic heterocycles. The van der Waals surface area contributed by atoms with E-state index in [4.69, 9.17) is 16.7 Å². The minimum Gasteiger partial charge on any atom is -0.481 e. The molecule has 1 N–H and O–H groups in total. The molecule has 1 atom stereocenters. The van der Waals surface area contributed by atoms with Crippen LogP contribution in [-0.2, 0) is 14.3 Å². The van der Waals surface area contributed by atoms with Gasteiger partial charge in [-0.2, -0.15) is 0 Å². The number of aliphatic carboxylic acids is 1. The molecule has 0 aromatic heterocycles. The number of carbonyl (C=O) groups excluding carboxylic acids is 1. The van der Waals surface area contributed by atoms with E-state index in [0.717, 1.165) is 0 Å². The van der Waals surface area contributed by atoms with Gasteiger partial charge in [0.05, 0.1) is 25.3 Å². The van der Waals surface area contributed by atoms with Crippen LogP contribution in [0.4, 0.5) is 0 Å². The van der Waals surface area contributed by atoms with Gasteiger partial charge in [0.25, 0.3) is 0 Å². The highest BCUT2D eigenvalue weighted by Crippen LogP contribution is 2.07. The van der Waals surface area contributed by atoms with E-state index in [2.05, 4.69) is 4.74 Å². The van der Waals surface area contributed by atoms with Crippen molar-refractivity contribution < 1.29 is 19.4 Å². The minimum atomic E-state index is -1.02. The molecule has 11 heavy (non-hydrogen) atoms. The maximum Gasteiger partial charge on any atom is 0.307 e. The number of rotatable bonds is 4. The highest BCUT2D eigenvalue weighted by molar-refractivity contribution is 6.22. The molecule has 0 saturated carbocycles. The average Bonchev–Trinajstić information content (AvgIpc) is 1.85. The van der Waals surface area contributed by atoms with Gasteiger partial charge in [-0.05, 0) is 0 Å². The van der Waals surface area contributed by atoms with E-state index in [1.807, 2.05) is 0 Å². The summed E-state index contributed by atoms with van der Waals surface area (Å²) in [6.45, 7) is 0. The first-order chi connectivity index (χ1) is 5.06. The number of halogens is 1. The van der Waals surface area contributed by atoms with E-state index in [-0.39, 0.29) is 12.8 Å². The lowest BCUT2D eigenvalue weighted by molar-refractivity contribution is -0.141. The maximum atomic E-state index is 10.5. The fourth-order valence-electron chi connectivity index (χ4n) is 0.526. The van der Waals surface area contributed by atoms with Gasteiger partial charge >= 0.3 is 11.9 Å². The van der Waals surface area contributed by atoms with Crippen LogP contribution in [0.3, 0.4) is 0 Å². The summed E-state index contributed by atoms with van der Waals surface area (Å²) in [5.41, 5.74) is 0. The molecule has 0 aliphatic carbocycles. The lowest BCUT2D eigenvalue weighted by Gasteiger charge is -2.03. The molecule has 0 aromatic rings. The first-order valence-electron chi connectivity index (χ1n) is 2.99. The van der Waals surface area contributed by atoms with Gasteiger partial charge in [0.2, 0.25) is 0 Å². The lowest BCUT2D eigenvalue weighted by atomic mass is 10.2. The molecule has 4 nitrogen and oxygen atoms in total. The number of carboxylic acid groups (broad SMARTS) is 1. The summed E-state index contributed by atoms with van der Waals surface area (Å²) in [7, 11) is 1.23. The van der Waals surface area contributed by atoms with Crippen molar-refractivity contribution in [1.29, 1.82) is 0 Å². The van der Waals surface area contributed by atoms with Gasteiger partial charge in [0, 0.05) is 0 Å². The van der Waals surface area contributed by atoms with Crippen molar-refractivity contribution in [2.24, 2.45) is 0 Å². The number of alkyl halides is 1. The summed E-state index contributed by atoms with van der Waals surface area (Å²) in [5, 5.41) is 7.55. The zero-order valence-electron chi connectivity index (χ0n) is 6.04. The summed E-state index contributed by atoms with van der Waals surface area (Å²) in [5.74, 6) is -1.51. The van der Waals surface area contributed by atoms with E-state index in [9.17, 15) is 9.59 Å². The number of hydrogen-bond acceptors (Lipinski definition) is 3. The number of methoxy groups -OCH3 is 1. The van der Waals surface area contributed by atoms with Crippen LogP contribution in [0.5, 0.6) is 0 Å². The number of carbonyl (C=O) groups is 2. The molecule has 0 aliphatic rings. The molecule has 0 bridgehead atoms. The number of ether oxygens (including phenoxy) is 1. The van der Waals surface area contributed by atoms with Gasteiger partial charge in [-0.25, -0.2) is 0 Å². The molecule has 0 saturated heterocycles. The fraction of sp³-hybridized carbons (Fsp3) is 0.667. The summed E-state index contributed by atoms with van der Waals surface area (Å²) < 4.78 is 4.29. The Morgan fingerprint density at radius 3 is 2.45 bits per heavy atom. The Kier molecular flexibility index (Phi) is 4.61. The normalized spacial score (nSPS) is 12.2. The van der Waals surface area contributed by atoms with Crippen LogP contribution in [0.2, 0.25) is 0 Å². The van der Waals surface area contributed by atoms with Gasteiger partial charge < -0.3 is 9.84 Å².